The van der Waals surface area contributed by atoms with Gasteiger partial charge in [-0.15, -0.1) is 0 Å². The fraction of sp³-hybridized carbons (Fsp3) is 0.579. The Labute approximate surface area is 150 Å². The molecule has 0 bridgehead atoms. The van der Waals surface area contributed by atoms with Crippen LogP contribution in [0.5, 0.6) is 0 Å². The van der Waals surface area contributed by atoms with Crippen LogP contribution < -0.4 is 0 Å². The van der Waals surface area contributed by atoms with Crippen molar-refractivity contribution in [3.05, 3.63) is 35.5 Å². The summed E-state index contributed by atoms with van der Waals surface area (Å²) in [5.41, 5.74) is -4.57. The van der Waals surface area contributed by atoms with E-state index in [9.17, 15) is 27.9 Å². The summed E-state index contributed by atoms with van der Waals surface area (Å²) in [5.74, 6) is -1.19. The van der Waals surface area contributed by atoms with Gasteiger partial charge in [0.1, 0.15) is 11.0 Å². The zero-order chi connectivity index (χ0) is 19.8. The van der Waals surface area contributed by atoms with Gasteiger partial charge in [0.2, 0.25) is 0 Å². The molecular formula is C19H23F3O4. The zero-order valence-electron chi connectivity index (χ0n) is 15.0. The first-order valence-corrected chi connectivity index (χ1v) is 8.53. The van der Waals surface area contributed by atoms with Gasteiger partial charge in [0.25, 0.3) is 0 Å². The molecular weight excluding hydrogens is 349 g/mol. The fourth-order valence-electron chi connectivity index (χ4n) is 3.21. The zero-order valence-corrected chi connectivity index (χ0v) is 15.0. The minimum absolute atomic E-state index is 0.0610. The highest BCUT2D eigenvalue weighted by atomic mass is 19.4. The molecule has 1 N–H and O–H groups in total. The molecule has 0 aromatic heterocycles. The number of aliphatic hydroxyl groups is 1. The molecule has 144 valence electrons. The van der Waals surface area contributed by atoms with Gasteiger partial charge in [-0.2, -0.15) is 13.2 Å². The van der Waals surface area contributed by atoms with Crippen LogP contribution in [0.2, 0.25) is 0 Å². The van der Waals surface area contributed by atoms with Crippen molar-refractivity contribution in [2.75, 3.05) is 6.61 Å². The van der Waals surface area contributed by atoms with Crippen molar-refractivity contribution in [2.45, 2.75) is 51.8 Å². The molecule has 26 heavy (non-hydrogen) atoms. The number of carbonyl (C=O) groups is 2. The third kappa shape index (κ3) is 3.77. The lowest BCUT2D eigenvalue weighted by atomic mass is 9.62. The summed E-state index contributed by atoms with van der Waals surface area (Å²) in [5, 5.41) is 10.9. The molecule has 4 nitrogen and oxygen atoms in total. The van der Waals surface area contributed by atoms with Gasteiger partial charge in [-0.3, -0.25) is 4.79 Å². The number of hydrogen-bond acceptors (Lipinski definition) is 4. The summed E-state index contributed by atoms with van der Waals surface area (Å²) in [7, 11) is 0. The maximum absolute atomic E-state index is 13.7. The quantitative estimate of drug-likeness (QED) is 0.454. The van der Waals surface area contributed by atoms with Gasteiger partial charge in [0.15, 0.2) is 5.78 Å². The maximum atomic E-state index is 13.7. The van der Waals surface area contributed by atoms with Crippen LogP contribution in [0, 0.1) is 11.3 Å². The van der Waals surface area contributed by atoms with Gasteiger partial charge in [0.05, 0.1) is 6.61 Å². The van der Waals surface area contributed by atoms with Gasteiger partial charge in [-0.1, -0.05) is 6.08 Å². The van der Waals surface area contributed by atoms with Crippen LogP contribution >= 0.6 is 0 Å². The van der Waals surface area contributed by atoms with Crippen molar-refractivity contribution in [1.82, 2.24) is 0 Å². The van der Waals surface area contributed by atoms with E-state index in [0.717, 1.165) is 31.9 Å². The SMILES string of the molecule is CCOC(=O)/C=C(\C=C\C1(O)C(C)=CC(=O)CC1(C)C(F)(F)F)C1CC1. The smallest absolute Gasteiger partial charge is 0.398 e. The molecule has 0 radical (unpaired) electrons. The first kappa shape index (κ1) is 20.4. The first-order chi connectivity index (χ1) is 11.9. The van der Waals surface area contributed by atoms with Crippen LogP contribution in [-0.4, -0.2) is 35.2 Å². The number of esters is 1. The number of hydrogen-bond donors (Lipinski definition) is 1. The maximum Gasteiger partial charge on any atom is 0.398 e. The number of alkyl halides is 3. The number of carbonyl (C=O) groups excluding carboxylic acids is 2. The molecule has 1 fully saturated rings. The Bertz CT molecular complexity index is 685. The molecule has 0 heterocycles. The molecule has 2 atom stereocenters. The van der Waals surface area contributed by atoms with E-state index < -0.39 is 35.4 Å². The highest BCUT2D eigenvalue weighted by Gasteiger charge is 2.65. The second-order valence-electron chi connectivity index (χ2n) is 7.07. The van der Waals surface area contributed by atoms with E-state index >= 15 is 0 Å². The Morgan fingerprint density at radius 2 is 2.04 bits per heavy atom. The molecule has 2 aliphatic rings. The number of halogens is 3. The summed E-state index contributed by atoms with van der Waals surface area (Å²) in [6.45, 7) is 3.99. The lowest BCUT2D eigenvalue weighted by Gasteiger charge is -2.46. The third-order valence-electron chi connectivity index (χ3n) is 5.11. The van der Waals surface area contributed by atoms with Crippen LogP contribution in [0.15, 0.2) is 35.5 Å². The number of allylic oxidation sites excluding steroid dienone is 3. The van der Waals surface area contributed by atoms with Gasteiger partial charge in [0, 0.05) is 12.5 Å². The van der Waals surface area contributed by atoms with E-state index in [0.29, 0.717) is 5.57 Å². The lowest BCUT2D eigenvalue weighted by molar-refractivity contribution is -0.261. The van der Waals surface area contributed by atoms with Crippen molar-refractivity contribution in [3.8, 4) is 0 Å². The highest BCUT2D eigenvalue weighted by molar-refractivity contribution is 5.93. The van der Waals surface area contributed by atoms with E-state index in [4.69, 9.17) is 4.74 Å². The van der Waals surface area contributed by atoms with Crippen LogP contribution in [0.4, 0.5) is 13.2 Å². The summed E-state index contributed by atoms with van der Waals surface area (Å²) in [6.07, 6.45) is 0.711. The average Bonchev–Trinajstić information content (AvgIpc) is 3.33. The van der Waals surface area contributed by atoms with Crippen LogP contribution in [0.25, 0.3) is 0 Å². The van der Waals surface area contributed by atoms with Gasteiger partial charge >= 0.3 is 12.1 Å². The highest BCUT2D eigenvalue weighted by Crippen LogP contribution is 2.54. The van der Waals surface area contributed by atoms with E-state index in [1.54, 1.807) is 6.92 Å². The summed E-state index contributed by atoms with van der Waals surface area (Å²) >= 11 is 0. The van der Waals surface area contributed by atoms with Crippen molar-refractivity contribution >= 4 is 11.8 Å². The first-order valence-electron chi connectivity index (χ1n) is 8.53. The fourth-order valence-corrected chi connectivity index (χ4v) is 3.21. The Morgan fingerprint density at radius 3 is 2.54 bits per heavy atom. The van der Waals surface area contributed by atoms with Crippen molar-refractivity contribution < 1.29 is 32.6 Å². The Hall–Kier alpha value is -1.89. The van der Waals surface area contributed by atoms with E-state index in [2.05, 4.69) is 0 Å². The number of ketones is 1. The summed E-state index contributed by atoms with van der Waals surface area (Å²) in [6, 6.07) is 0. The molecule has 2 aliphatic carbocycles. The summed E-state index contributed by atoms with van der Waals surface area (Å²) in [4.78, 5) is 23.4. The Balaban J connectivity index is 2.44. The van der Waals surface area contributed by atoms with E-state index in [1.165, 1.54) is 19.1 Å². The van der Waals surface area contributed by atoms with Gasteiger partial charge in [-0.25, -0.2) is 4.79 Å². The molecule has 0 aromatic rings. The summed E-state index contributed by atoms with van der Waals surface area (Å²) < 4.78 is 46.0. The monoisotopic (exact) mass is 372 g/mol. The Kier molecular flexibility index (Phi) is 5.52. The predicted molar refractivity (Wildman–Crippen MR) is 89.1 cm³/mol. The predicted octanol–water partition coefficient (Wildman–Crippen LogP) is 3.66. The molecule has 0 amide bonds. The molecule has 0 aliphatic heterocycles. The van der Waals surface area contributed by atoms with Crippen LogP contribution in [0.3, 0.4) is 0 Å². The number of ether oxygens (including phenoxy) is 1. The van der Waals surface area contributed by atoms with Crippen molar-refractivity contribution in [2.24, 2.45) is 11.3 Å². The normalized spacial score (nSPS) is 30.5. The third-order valence-corrected chi connectivity index (χ3v) is 5.11. The van der Waals surface area contributed by atoms with E-state index in [-0.39, 0.29) is 18.1 Å². The Morgan fingerprint density at radius 1 is 1.42 bits per heavy atom. The molecule has 0 saturated heterocycles. The molecule has 7 heteroatoms. The number of rotatable bonds is 5. The molecule has 2 unspecified atom stereocenters. The topological polar surface area (TPSA) is 63.6 Å². The minimum atomic E-state index is -4.79. The lowest BCUT2D eigenvalue weighted by Crippen LogP contribution is -2.57. The second-order valence-corrected chi connectivity index (χ2v) is 7.07. The van der Waals surface area contributed by atoms with Gasteiger partial charge < -0.3 is 9.84 Å². The second kappa shape index (κ2) is 7.02. The van der Waals surface area contributed by atoms with Crippen molar-refractivity contribution in [1.29, 1.82) is 0 Å². The standard InChI is InChI=1S/C19H23F3O4/c1-4-26-16(24)10-14(13-5-6-13)7-8-18(25)12(2)9-15(23)11-17(18,3)19(20,21)22/h7-10,13,25H,4-6,11H2,1-3H3/b8-7+,14-10+. The minimum Gasteiger partial charge on any atom is -0.463 e. The van der Waals surface area contributed by atoms with E-state index in [1.807, 2.05) is 0 Å². The molecule has 1 saturated carbocycles. The molecule has 0 spiro atoms. The van der Waals surface area contributed by atoms with Crippen LogP contribution in [0.1, 0.15) is 40.0 Å². The molecule has 0 aromatic carbocycles. The van der Waals surface area contributed by atoms with Gasteiger partial charge in [-0.05, 0) is 62.8 Å². The van der Waals surface area contributed by atoms with Crippen LogP contribution in [-0.2, 0) is 14.3 Å². The van der Waals surface area contributed by atoms with Crippen molar-refractivity contribution in [3.63, 3.8) is 0 Å². The largest absolute Gasteiger partial charge is 0.463 e. The molecule has 2 rings (SSSR count). The average molecular weight is 372 g/mol.